The van der Waals surface area contributed by atoms with Crippen molar-refractivity contribution < 1.29 is 77.0 Å². The van der Waals surface area contributed by atoms with Gasteiger partial charge in [-0.3, -0.25) is 38.4 Å². The number of amides is 6. The van der Waals surface area contributed by atoms with Crippen molar-refractivity contribution in [1.82, 2.24) is 35.4 Å². The van der Waals surface area contributed by atoms with E-state index < -0.39 is 47.9 Å². The van der Waals surface area contributed by atoms with Crippen molar-refractivity contribution in [2.75, 3.05) is 50.3 Å². The topological polar surface area (TPSA) is 308 Å². The molecular formula is C84H93N9O16. The number of ketones is 3. The van der Waals surface area contributed by atoms with E-state index in [4.69, 9.17) is 23.7 Å². The number of hydrogen-bond donors (Lipinski definition) is 4. The van der Waals surface area contributed by atoms with Crippen LogP contribution in [0.15, 0.2) is 128 Å². The molecule has 1 saturated carbocycles. The van der Waals surface area contributed by atoms with Gasteiger partial charge >= 0.3 is 6.09 Å². The Bertz CT molecular complexity index is 4700. The maximum absolute atomic E-state index is 14.5. The van der Waals surface area contributed by atoms with Crippen molar-refractivity contribution >= 4 is 69.9 Å². The Hall–Kier alpha value is -11.1. The highest BCUT2D eigenvalue weighted by atomic mass is 16.6. The molecule has 7 aromatic rings. The molecule has 1 aliphatic carbocycles. The van der Waals surface area contributed by atoms with Gasteiger partial charge in [0, 0.05) is 98.4 Å². The highest BCUT2D eigenvalue weighted by Crippen LogP contribution is 2.57. The Balaban J connectivity index is 0.569. The lowest BCUT2D eigenvalue weighted by Gasteiger charge is -2.31. The van der Waals surface area contributed by atoms with Gasteiger partial charge in [0.05, 0.1) is 81.8 Å². The number of rotatable bonds is 29. The van der Waals surface area contributed by atoms with E-state index in [2.05, 4.69) is 20.9 Å². The smallest absolute Gasteiger partial charge is 0.416 e. The molecule has 570 valence electrons. The number of Topliss-reactive ketones (excluding diaryl/α,β-unsaturated/α-hetero) is 3. The fraction of sp³-hybridized carbons (Fsp3) is 0.417. The van der Waals surface area contributed by atoms with E-state index in [1.807, 2.05) is 108 Å². The van der Waals surface area contributed by atoms with E-state index in [0.29, 0.717) is 66.1 Å². The molecule has 2 fully saturated rings. The Morgan fingerprint density at radius 3 is 2.06 bits per heavy atom. The van der Waals surface area contributed by atoms with E-state index in [9.17, 15) is 53.4 Å². The largest absolute Gasteiger partial charge is 0.493 e. The van der Waals surface area contributed by atoms with Gasteiger partial charge in [0.15, 0.2) is 40.8 Å². The monoisotopic (exact) mass is 1480 g/mol. The second kappa shape index (κ2) is 32.8. The number of hydrogen-bond acceptors (Lipinski definition) is 18. The molecule has 5 aliphatic heterocycles. The van der Waals surface area contributed by atoms with Crippen LogP contribution in [0.5, 0.6) is 23.0 Å². The van der Waals surface area contributed by atoms with Crippen LogP contribution in [-0.4, -0.2) is 153 Å². The number of carbonyl (C=O) groups is 9. The van der Waals surface area contributed by atoms with Gasteiger partial charge in [-0.25, -0.2) is 14.4 Å². The summed E-state index contributed by atoms with van der Waals surface area (Å²) in [5, 5.41) is 36.2. The average molecular weight is 1480 g/mol. The summed E-state index contributed by atoms with van der Waals surface area (Å²) in [6, 6.07) is 34.8. The molecule has 4 N–H and O–H groups in total. The third-order valence-electron chi connectivity index (χ3n) is 21.9. The van der Waals surface area contributed by atoms with Gasteiger partial charge in [-0.05, 0) is 134 Å². The van der Waals surface area contributed by atoms with Crippen molar-refractivity contribution in [2.45, 2.75) is 168 Å². The molecule has 1 aromatic heterocycles. The maximum atomic E-state index is 14.5. The van der Waals surface area contributed by atoms with Gasteiger partial charge in [0.1, 0.15) is 18.1 Å². The first kappa shape index (κ1) is 76.2. The van der Waals surface area contributed by atoms with Crippen molar-refractivity contribution in [3.63, 3.8) is 0 Å². The van der Waals surface area contributed by atoms with Crippen molar-refractivity contribution in [3.05, 3.63) is 172 Å². The van der Waals surface area contributed by atoms with Crippen LogP contribution in [0.4, 0.5) is 16.2 Å². The number of methoxy groups -OCH3 is 2. The Labute approximate surface area is 632 Å². The van der Waals surface area contributed by atoms with Gasteiger partial charge in [-0.15, -0.1) is 5.10 Å². The van der Waals surface area contributed by atoms with Gasteiger partial charge < -0.3 is 59.2 Å². The maximum Gasteiger partial charge on any atom is 0.416 e. The number of benzene rings is 6. The lowest BCUT2D eigenvalue weighted by molar-refractivity contribution is -0.133. The third kappa shape index (κ3) is 16.5. The van der Waals surface area contributed by atoms with E-state index in [0.717, 1.165) is 74.5 Å². The van der Waals surface area contributed by atoms with Crippen molar-refractivity contribution in [2.24, 2.45) is 17.3 Å². The number of para-hydroxylation sites is 1. The molecule has 13 rings (SSSR count). The molecule has 5 atom stereocenters. The van der Waals surface area contributed by atoms with Gasteiger partial charge in [-0.1, -0.05) is 110 Å². The highest BCUT2D eigenvalue weighted by molar-refractivity contribution is 6.07. The van der Waals surface area contributed by atoms with E-state index >= 15 is 0 Å². The lowest BCUT2D eigenvalue weighted by atomic mass is 9.89. The summed E-state index contributed by atoms with van der Waals surface area (Å²) in [5.41, 5.74) is 10.2. The normalized spacial score (nSPS) is 17.7. The first-order valence-electron chi connectivity index (χ1n) is 37.5. The second-order valence-electron chi connectivity index (χ2n) is 30.0. The van der Waals surface area contributed by atoms with Crippen LogP contribution in [0.2, 0.25) is 0 Å². The number of nitrogens with one attached hydrogen (secondary N) is 2. The van der Waals surface area contributed by atoms with E-state index in [-0.39, 0.29) is 153 Å². The third-order valence-corrected chi connectivity index (χ3v) is 21.9. The number of anilines is 2. The quantitative estimate of drug-likeness (QED) is 0.0317. The minimum atomic E-state index is -1.49. The number of aryl methyl sites for hydroxylation is 1. The summed E-state index contributed by atoms with van der Waals surface area (Å²) in [4.78, 5) is 130. The average Bonchev–Trinajstić information content (AvgIpc) is 1.60. The van der Waals surface area contributed by atoms with Crippen LogP contribution in [0, 0.1) is 17.3 Å². The summed E-state index contributed by atoms with van der Waals surface area (Å²) >= 11 is 0. The molecule has 1 unspecified atom stereocenters. The molecule has 6 heterocycles. The number of aliphatic hydroxyl groups excluding tert-OH is 2. The minimum absolute atomic E-state index is 0.0126. The number of carbonyl (C=O) groups excluding carboxylic acids is 9. The van der Waals surface area contributed by atoms with Crippen LogP contribution in [-0.2, 0) is 66.1 Å². The first-order chi connectivity index (χ1) is 52.5. The molecule has 0 bridgehead atoms. The summed E-state index contributed by atoms with van der Waals surface area (Å²) in [5.74, 6) is -2.61. The van der Waals surface area contributed by atoms with Crippen molar-refractivity contribution in [1.29, 1.82) is 0 Å². The lowest BCUT2D eigenvalue weighted by Crippen LogP contribution is -2.50. The summed E-state index contributed by atoms with van der Waals surface area (Å²) < 4.78 is 31.9. The Morgan fingerprint density at radius 1 is 0.697 bits per heavy atom. The van der Waals surface area contributed by atoms with Gasteiger partial charge in [0.2, 0.25) is 17.7 Å². The Kier molecular flexibility index (Phi) is 22.9. The molecule has 6 amide bonds. The standard InChI is InChI=1S/C84H93N9O16/c1-49(2)64(38-61(96)43-85-75(98)29-27-60(95)28-30-76(99)90-44-57-13-8-9-14-62(57)77-78(93(50(3)4)88-87-77)63-15-10-11-16-67(63)90)79(100)86-51(5)70(97)35-52-17-19-54(20-18-52)47-109-83(104)92-68-41-74(72(106-7)40-66(68)81(102)91-48-84(31-32-84)42-69(91)82(92)103)108-34-12-33-107-73-37-56-25-26-59-36-58(55-23-21-53(46-94)22-24-55)45-89(59)80(101)65(56)39-71(73)105-6/h8-11,13-24,37,39-41,45,49-51,59,64,69,82,94,103H,12,25-36,38,42-44,46-48H2,1-7H3,(H,85,98)(H,86,100)/t51-,59+,64-,69-,82?/m0/s1. The molecular weight excluding hydrogens is 1390 g/mol. The number of ether oxygens (including phenoxy) is 5. The SMILES string of the molecule is COc1cc2c(cc1OCCCOc1cc3c(cc1OC)C(=O)N1CC4(CC4)C[C@H]1C(O)N3C(=O)OCc1ccc(CC(=O)[C@H](C)NC(=O)[C@@H](CC(=O)CNC(=O)CCC(=O)CCC(=O)N3Cc4ccccc4-c4nnn(C(C)C)c4-c4ccccc43)C(C)C)cc1)CC[C@@H]1CC(c3ccc(CO)cc3)=CN1C2=O. The van der Waals surface area contributed by atoms with Crippen LogP contribution >= 0.6 is 0 Å². The molecule has 0 radical (unpaired) electrons. The summed E-state index contributed by atoms with van der Waals surface area (Å²) in [6.45, 7) is 9.48. The van der Waals surface area contributed by atoms with Crippen LogP contribution in [0.3, 0.4) is 0 Å². The van der Waals surface area contributed by atoms with Crippen LogP contribution in [0.25, 0.3) is 28.1 Å². The molecule has 109 heavy (non-hydrogen) atoms. The second-order valence-corrected chi connectivity index (χ2v) is 30.0. The fourth-order valence-electron chi connectivity index (χ4n) is 15.4. The minimum Gasteiger partial charge on any atom is -0.493 e. The Morgan fingerprint density at radius 2 is 1.37 bits per heavy atom. The number of nitrogens with zero attached hydrogens (tertiary/aromatic N) is 7. The molecule has 6 aliphatic rings. The van der Waals surface area contributed by atoms with E-state index in [1.54, 1.807) is 60.9 Å². The predicted octanol–water partition coefficient (Wildman–Crippen LogP) is 10.9. The molecule has 1 spiro atoms. The summed E-state index contributed by atoms with van der Waals surface area (Å²) in [6.07, 6.45) is 3.48. The molecule has 25 heteroatoms. The van der Waals surface area contributed by atoms with Crippen LogP contribution < -0.4 is 39.4 Å². The first-order valence-corrected chi connectivity index (χ1v) is 37.5. The number of aromatic nitrogens is 3. The highest BCUT2D eigenvalue weighted by Gasteiger charge is 2.58. The summed E-state index contributed by atoms with van der Waals surface area (Å²) in [7, 11) is 2.97. The van der Waals surface area contributed by atoms with Crippen LogP contribution in [0.1, 0.15) is 165 Å². The van der Waals surface area contributed by atoms with Crippen molar-refractivity contribution in [3.8, 4) is 45.5 Å². The van der Waals surface area contributed by atoms with Gasteiger partial charge in [-0.2, -0.15) is 0 Å². The predicted molar refractivity (Wildman–Crippen MR) is 404 cm³/mol. The molecule has 25 nitrogen and oxygen atoms in total. The zero-order valence-corrected chi connectivity index (χ0v) is 62.5. The molecule has 1 saturated heterocycles. The fourth-order valence-corrected chi connectivity index (χ4v) is 15.4. The van der Waals surface area contributed by atoms with E-state index in [1.165, 1.54) is 26.4 Å². The number of aliphatic hydroxyl groups is 2. The number of fused-ring (bicyclic) bond motifs is 9. The zero-order chi connectivity index (χ0) is 76.9. The van der Waals surface area contributed by atoms with Gasteiger partial charge in [0.25, 0.3) is 11.8 Å². The zero-order valence-electron chi connectivity index (χ0n) is 62.5. The molecule has 6 aromatic carbocycles.